The zero-order valence-corrected chi connectivity index (χ0v) is 13.0. The van der Waals surface area contributed by atoms with Crippen LogP contribution in [0, 0.1) is 0 Å². The van der Waals surface area contributed by atoms with Gasteiger partial charge >= 0.3 is 11.9 Å². The Kier molecular flexibility index (Phi) is 5.69. The van der Waals surface area contributed by atoms with E-state index in [0.29, 0.717) is 11.1 Å². The van der Waals surface area contributed by atoms with Gasteiger partial charge in [0.15, 0.2) is 0 Å². The van der Waals surface area contributed by atoms with Crippen LogP contribution in [0.1, 0.15) is 17.3 Å². The van der Waals surface area contributed by atoms with E-state index >= 15 is 0 Å². The Balaban J connectivity index is 2.01. The zero-order valence-electron chi connectivity index (χ0n) is 13.0. The summed E-state index contributed by atoms with van der Waals surface area (Å²) in [7, 11) is 0. The maximum atomic E-state index is 12.2. The number of rotatable bonds is 6. The van der Waals surface area contributed by atoms with Crippen molar-refractivity contribution in [3.8, 4) is 11.1 Å². The minimum atomic E-state index is -0.495. The van der Waals surface area contributed by atoms with Gasteiger partial charge in [0.05, 0.1) is 5.56 Å². The second-order valence-electron chi connectivity index (χ2n) is 4.96. The summed E-state index contributed by atoms with van der Waals surface area (Å²) in [5.74, 6) is -0.943. The summed E-state index contributed by atoms with van der Waals surface area (Å²) in [6.07, 6.45) is 0. The fourth-order valence-electron chi connectivity index (χ4n) is 2.00. The minimum absolute atomic E-state index is 0.000970. The normalized spacial score (nSPS) is 9.96. The van der Waals surface area contributed by atoms with E-state index in [4.69, 9.17) is 9.47 Å². The quantitative estimate of drug-likeness (QED) is 0.464. The number of ether oxygens (including phenoxy) is 2. The van der Waals surface area contributed by atoms with Gasteiger partial charge in [0.1, 0.15) is 13.2 Å². The first-order valence-electron chi connectivity index (χ1n) is 7.24. The molecule has 0 atom stereocenters. The summed E-state index contributed by atoms with van der Waals surface area (Å²) in [4.78, 5) is 23.5. The van der Waals surface area contributed by atoms with Gasteiger partial charge in [-0.3, -0.25) is 0 Å². The predicted octanol–water partition coefficient (Wildman–Crippen LogP) is 3.63. The van der Waals surface area contributed by atoms with Crippen molar-refractivity contribution in [2.24, 2.45) is 0 Å². The molecule has 0 saturated heterocycles. The highest BCUT2D eigenvalue weighted by Gasteiger charge is 2.13. The van der Waals surface area contributed by atoms with Crippen LogP contribution in [0.2, 0.25) is 0 Å². The summed E-state index contributed by atoms with van der Waals surface area (Å²) in [5.41, 5.74) is 2.53. The van der Waals surface area contributed by atoms with Crippen LogP contribution in [-0.2, 0) is 14.3 Å². The molecule has 0 amide bonds. The third kappa shape index (κ3) is 4.54. The molecule has 0 heterocycles. The lowest BCUT2D eigenvalue weighted by molar-refractivity contribution is -0.140. The molecule has 0 fully saturated rings. The lowest BCUT2D eigenvalue weighted by atomic mass is 10.00. The Morgan fingerprint density at radius 1 is 0.913 bits per heavy atom. The van der Waals surface area contributed by atoms with Crippen LogP contribution >= 0.6 is 0 Å². The highest BCUT2D eigenvalue weighted by atomic mass is 16.6. The average Bonchev–Trinajstić information content (AvgIpc) is 2.59. The van der Waals surface area contributed by atoms with Crippen LogP contribution < -0.4 is 0 Å². The number of benzene rings is 2. The molecule has 0 bridgehead atoms. The van der Waals surface area contributed by atoms with Gasteiger partial charge in [-0.25, -0.2) is 9.59 Å². The Bertz CT molecular complexity index is 704. The van der Waals surface area contributed by atoms with E-state index in [1.165, 1.54) is 0 Å². The molecule has 0 N–H and O–H groups in total. The molecule has 118 valence electrons. The number of hydrogen-bond acceptors (Lipinski definition) is 4. The molecule has 0 spiro atoms. The number of hydrogen-bond donors (Lipinski definition) is 0. The molecule has 0 aliphatic heterocycles. The second kappa shape index (κ2) is 7.94. The summed E-state index contributed by atoms with van der Waals surface area (Å²) in [5, 5.41) is 0. The molecule has 4 nitrogen and oxygen atoms in total. The van der Waals surface area contributed by atoms with Gasteiger partial charge in [-0.05, 0) is 24.1 Å². The lowest BCUT2D eigenvalue weighted by Crippen LogP contribution is -2.14. The van der Waals surface area contributed by atoms with Crippen molar-refractivity contribution >= 4 is 11.9 Å². The summed E-state index contributed by atoms with van der Waals surface area (Å²) in [6, 6.07) is 16.8. The van der Waals surface area contributed by atoms with Crippen LogP contribution in [0.5, 0.6) is 0 Å². The molecule has 23 heavy (non-hydrogen) atoms. The van der Waals surface area contributed by atoms with Crippen LogP contribution in [-0.4, -0.2) is 25.2 Å². The van der Waals surface area contributed by atoms with E-state index in [1.54, 1.807) is 19.1 Å². The molecule has 2 rings (SSSR count). The van der Waals surface area contributed by atoms with Gasteiger partial charge in [0, 0.05) is 5.57 Å². The van der Waals surface area contributed by atoms with Crippen LogP contribution in [0.25, 0.3) is 11.1 Å². The second-order valence-corrected chi connectivity index (χ2v) is 4.96. The molecule has 2 aromatic rings. The van der Waals surface area contributed by atoms with Gasteiger partial charge in [-0.2, -0.15) is 0 Å². The average molecular weight is 310 g/mol. The van der Waals surface area contributed by atoms with Crippen molar-refractivity contribution in [3.63, 3.8) is 0 Å². The van der Waals surface area contributed by atoms with Crippen molar-refractivity contribution in [1.29, 1.82) is 0 Å². The Morgan fingerprint density at radius 2 is 1.52 bits per heavy atom. The molecule has 4 heteroatoms. The molecular weight excluding hydrogens is 292 g/mol. The van der Waals surface area contributed by atoms with Gasteiger partial charge < -0.3 is 9.47 Å². The van der Waals surface area contributed by atoms with Crippen molar-refractivity contribution in [3.05, 3.63) is 72.3 Å². The van der Waals surface area contributed by atoms with Crippen LogP contribution in [0.3, 0.4) is 0 Å². The number of carbonyl (C=O) groups excluding carboxylic acids is 2. The predicted molar refractivity (Wildman–Crippen MR) is 87.9 cm³/mol. The van der Waals surface area contributed by atoms with Crippen LogP contribution in [0.4, 0.5) is 0 Å². The first-order chi connectivity index (χ1) is 11.1. The van der Waals surface area contributed by atoms with E-state index in [0.717, 1.165) is 11.1 Å². The molecular formula is C19H18O4. The smallest absolute Gasteiger partial charge is 0.338 e. The monoisotopic (exact) mass is 310 g/mol. The molecule has 0 saturated carbocycles. The van der Waals surface area contributed by atoms with E-state index in [1.807, 2.05) is 42.5 Å². The number of esters is 2. The first kappa shape index (κ1) is 16.5. The van der Waals surface area contributed by atoms with Crippen LogP contribution in [0.15, 0.2) is 66.7 Å². The topological polar surface area (TPSA) is 52.6 Å². The van der Waals surface area contributed by atoms with Gasteiger partial charge in [0.2, 0.25) is 0 Å². The number of carbonyl (C=O) groups is 2. The summed E-state index contributed by atoms with van der Waals surface area (Å²) >= 11 is 0. The lowest BCUT2D eigenvalue weighted by Gasteiger charge is -2.10. The standard InChI is InChI=1S/C19H18O4/c1-14(2)18(20)22-12-13-23-19(21)17-11-7-6-10-16(17)15-8-4-3-5-9-15/h3-11H,1,12-13H2,2H3. The van der Waals surface area contributed by atoms with Crippen molar-refractivity contribution in [2.45, 2.75) is 6.92 Å². The molecule has 0 aliphatic rings. The third-order valence-electron chi connectivity index (χ3n) is 3.13. The fraction of sp³-hybridized carbons (Fsp3) is 0.158. The van der Waals surface area contributed by atoms with Crippen molar-refractivity contribution in [1.82, 2.24) is 0 Å². The molecule has 0 unspecified atom stereocenters. The Hall–Kier alpha value is -2.88. The summed E-state index contributed by atoms with van der Waals surface area (Å²) < 4.78 is 10.1. The van der Waals surface area contributed by atoms with Gasteiger partial charge in [-0.1, -0.05) is 55.1 Å². The van der Waals surface area contributed by atoms with Crippen molar-refractivity contribution in [2.75, 3.05) is 13.2 Å². The molecule has 0 aromatic heterocycles. The maximum Gasteiger partial charge on any atom is 0.338 e. The highest BCUT2D eigenvalue weighted by molar-refractivity contribution is 5.97. The van der Waals surface area contributed by atoms with Gasteiger partial charge in [-0.15, -0.1) is 0 Å². The molecule has 0 radical (unpaired) electrons. The molecule has 0 aliphatic carbocycles. The highest BCUT2D eigenvalue weighted by Crippen LogP contribution is 2.23. The van der Waals surface area contributed by atoms with Gasteiger partial charge in [0.25, 0.3) is 0 Å². The molecule has 2 aromatic carbocycles. The van der Waals surface area contributed by atoms with Crippen molar-refractivity contribution < 1.29 is 19.1 Å². The Labute approximate surface area is 135 Å². The first-order valence-corrected chi connectivity index (χ1v) is 7.24. The summed E-state index contributed by atoms with van der Waals surface area (Å²) in [6.45, 7) is 5.05. The largest absolute Gasteiger partial charge is 0.459 e. The zero-order chi connectivity index (χ0) is 16.7. The maximum absolute atomic E-state index is 12.2. The Morgan fingerprint density at radius 3 is 2.22 bits per heavy atom. The fourth-order valence-corrected chi connectivity index (χ4v) is 2.00. The van der Waals surface area contributed by atoms with E-state index in [2.05, 4.69) is 6.58 Å². The van der Waals surface area contributed by atoms with E-state index in [-0.39, 0.29) is 13.2 Å². The third-order valence-corrected chi connectivity index (χ3v) is 3.13. The SMILES string of the molecule is C=C(C)C(=O)OCCOC(=O)c1ccccc1-c1ccccc1. The van der Waals surface area contributed by atoms with E-state index in [9.17, 15) is 9.59 Å². The minimum Gasteiger partial charge on any atom is -0.459 e. The van der Waals surface area contributed by atoms with E-state index < -0.39 is 11.9 Å².